The number of rotatable bonds is 9. The lowest BCUT2D eigenvalue weighted by molar-refractivity contribution is -0.115. The van der Waals surface area contributed by atoms with E-state index in [2.05, 4.69) is 10.6 Å². The molecule has 0 aliphatic rings. The molecule has 0 saturated carbocycles. The number of amides is 2. The van der Waals surface area contributed by atoms with Gasteiger partial charge in [0.1, 0.15) is 16.7 Å². The molecule has 0 spiro atoms. The van der Waals surface area contributed by atoms with Gasteiger partial charge in [-0.15, -0.1) is 11.8 Å². The van der Waals surface area contributed by atoms with Gasteiger partial charge in [-0.05, 0) is 66.2 Å². The molecule has 4 rings (SSSR count). The Kier molecular flexibility index (Phi) is 8.26. The Morgan fingerprint density at radius 2 is 1.42 bits per heavy atom. The molecular weight excluding hydrogens is 472 g/mol. The lowest BCUT2D eigenvalue weighted by Gasteiger charge is -2.18. The highest BCUT2D eigenvalue weighted by Gasteiger charge is 2.22. The Morgan fingerprint density at radius 1 is 0.694 bits per heavy atom. The van der Waals surface area contributed by atoms with Gasteiger partial charge in [-0.25, -0.2) is 0 Å². The number of carbonyl (C=O) groups excluding carboxylic acids is 2. The maximum atomic E-state index is 13.3. The van der Waals surface area contributed by atoms with Crippen LogP contribution in [0.2, 0.25) is 0 Å². The van der Waals surface area contributed by atoms with Crippen molar-refractivity contribution in [3.63, 3.8) is 0 Å². The third kappa shape index (κ3) is 6.46. The topological polar surface area (TPSA) is 76.7 Å². The molecule has 6 nitrogen and oxygen atoms in total. The quantitative estimate of drug-likeness (QED) is 0.260. The van der Waals surface area contributed by atoms with Crippen molar-refractivity contribution in [2.45, 2.75) is 10.1 Å². The van der Waals surface area contributed by atoms with E-state index in [1.807, 2.05) is 54.6 Å². The van der Waals surface area contributed by atoms with Crippen LogP contribution in [0.5, 0.6) is 11.5 Å². The monoisotopic (exact) mass is 498 g/mol. The van der Waals surface area contributed by atoms with E-state index < -0.39 is 5.25 Å². The second-order valence-corrected chi connectivity index (χ2v) is 9.02. The molecule has 1 atom stereocenters. The molecule has 0 aromatic heterocycles. The Labute approximate surface area is 214 Å². The normalized spacial score (nSPS) is 11.3. The molecule has 4 aromatic rings. The minimum atomic E-state index is -0.502. The van der Waals surface area contributed by atoms with Gasteiger partial charge in [0, 0.05) is 21.8 Å². The fourth-order valence-corrected chi connectivity index (χ4v) is 4.62. The molecule has 36 heavy (non-hydrogen) atoms. The predicted octanol–water partition coefficient (Wildman–Crippen LogP) is 6.43. The second-order valence-electron chi connectivity index (χ2n) is 7.84. The van der Waals surface area contributed by atoms with E-state index in [1.54, 1.807) is 62.8 Å². The highest BCUT2D eigenvalue weighted by molar-refractivity contribution is 8.00. The Hall–Kier alpha value is -4.23. The molecule has 182 valence electrons. The highest BCUT2D eigenvalue weighted by Crippen LogP contribution is 2.37. The zero-order valence-corrected chi connectivity index (χ0v) is 20.8. The van der Waals surface area contributed by atoms with Crippen LogP contribution in [0.25, 0.3) is 0 Å². The summed E-state index contributed by atoms with van der Waals surface area (Å²) in [7, 11) is 3.16. The van der Waals surface area contributed by atoms with Crippen molar-refractivity contribution in [3.05, 3.63) is 114 Å². The zero-order chi connectivity index (χ0) is 25.3. The van der Waals surface area contributed by atoms with Gasteiger partial charge in [-0.1, -0.05) is 42.5 Å². The molecular formula is C29H26N2O4S. The summed E-state index contributed by atoms with van der Waals surface area (Å²) in [5.41, 5.74) is 2.68. The fourth-order valence-electron chi connectivity index (χ4n) is 3.53. The zero-order valence-electron chi connectivity index (χ0n) is 19.9. The molecule has 0 aliphatic carbocycles. The van der Waals surface area contributed by atoms with E-state index in [0.29, 0.717) is 22.7 Å². The van der Waals surface area contributed by atoms with Crippen LogP contribution >= 0.6 is 11.8 Å². The van der Waals surface area contributed by atoms with Crippen LogP contribution in [0.15, 0.2) is 108 Å². The number of hydrogen-bond donors (Lipinski definition) is 2. The van der Waals surface area contributed by atoms with Crippen LogP contribution in [0, 0.1) is 0 Å². The van der Waals surface area contributed by atoms with Crippen molar-refractivity contribution in [2.24, 2.45) is 0 Å². The van der Waals surface area contributed by atoms with Gasteiger partial charge in [-0.3, -0.25) is 9.59 Å². The summed E-state index contributed by atoms with van der Waals surface area (Å²) in [5, 5.41) is 5.41. The first-order chi connectivity index (χ1) is 17.6. The summed E-state index contributed by atoms with van der Waals surface area (Å²) in [6.07, 6.45) is 0. The van der Waals surface area contributed by atoms with Crippen molar-refractivity contribution in [3.8, 4) is 11.5 Å². The number of hydrogen-bond acceptors (Lipinski definition) is 5. The maximum absolute atomic E-state index is 13.3. The number of carbonyl (C=O) groups is 2. The minimum absolute atomic E-state index is 0.151. The molecule has 2 N–H and O–H groups in total. The van der Waals surface area contributed by atoms with Crippen molar-refractivity contribution in [2.75, 3.05) is 24.9 Å². The number of anilines is 2. The van der Waals surface area contributed by atoms with Gasteiger partial charge in [0.15, 0.2) is 0 Å². The van der Waals surface area contributed by atoms with Crippen molar-refractivity contribution in [1.82, 2.24) is 0 Å². The molecule has 7 heteroatoms. The average Bonchev–Trinajstić information content (AvgIpc) is 2.92. The third-order valence-corrected chi connectivity index (χ3v) is 6.62. The summed E-state index contributed by atoms with van der Waals surface area (Å²) in [4.78, 5) is 26.9. The predicted molar refractivity (Wildman–Crippen MR) is 144 cm³/mol. The minimum Gasteiger partial charge on any atom is -0.497 e. The fraction of sp³-hybridized carbons (Fsp3) is 0.103. The third-order valence-electron chi connectivity index (χ3n) is 5.38. The molecule has 1 unspecified atom stereocenters. The molecule has 0 radical (unpaired) electrons. The Balaban J connectivity index is 1.52. The summed E-state index contributed by atoms with van der Waals surface area (Å²) >= 11 is 1.41. The number of nitrogens with one attached hydrogen (secondary N) is 2. The summed E-state index contributed by atoms with van der Waals surface area (Å²) in [5.74, 6) is 0.936. The van der Waals surface area contributed by atoms with Gasteiger partial charge < -0.3 is 20.1 Å². The average molecular weight is 499 g/mol. The number of ether oxygens (including phenoxy) is 2. The molecule has 0 fully saturated rings. The SMILES string of the molecule is COc1ccc(NC(=O)C(Sc2cccc(NC(=O)c3cccc(OC)c3)c2)c2ccccc2)cc1. The largest absolute Gasteiger partial charge is 0.497 e. The lowest BCUT2D eigenvalue weighted by atomic mass is 10.1. The van der Waals surface area contributed by atoms with E-state index >= 15 is 0 Å². The van der Waals surface area contributed by atoms with Crippen molar-refractivity contribution >= 4 is 35.0 Å². The van der Waals surface area contributed by atoms with E-state index in [-0.39, 0.29) is 11.8 Å². The lowest BCUT2D eigenvalue weighted by Crippen LogP contribution is -2.19. The number of benzene rings is 4. The van der Waals surface area contributed by atoms with Crippen molar-refractivity contribution in [1.29, 1.82) is 0 Å². The van der Waals surface area contributed by atoms with Gasteiger partial charge in [-0.2, -0.15) is 0 Å². The van der Waals surface area contributed by atoms with Crippen LogP contribution < -0.4 is 20.1 Å². The van der Waals surface area contributed by atoms with Gasteiger partial charge >= 0.3 is 0 Å². The summed E-state index contributed by atoms with van der Waals surface area (Å²) in [6.45, 7) is 0. The first kappa shape index (κ1) is 24.9. The molecule has 0 aliphatic heterocycles. The first-order valence-corrected chi connectivity index (χ1v) is 12.2. The smallest absolute Gasteiger partial charge is 0.255 e. The van der Waals surface area contributed by atoms with E-state index in [1.165, 1.54) is 11.8 Å². The molecule has 0 heterocycles. The molecule has 4 aromatic carbocycles. The number of methoxy groups -OCH3 is 2. The van der Waals surface area contributed by atoms with Crippen LogP contribution in [0.4, 0.5) is 11.4 Å². The summed E-state index contributed by atoms with van der Waals surface area (Å²) < 4.78 is 10.4. The van der Waals surface area contributed by atoms with E-state index in [0.717, 1.165) is 16.2 Å². The van der Waals surface area contributed by atoms with E-state index in [9.17, 15) is 9.59 Å². The van der Waals surface area contributed by atoms with Crippen LogP contribution in [-0.4, -0.2) is 26.0 Å². The molecule has 0 bridgehead atoms. The van der Waals surface area contributed by atoms with Gasteiger partial charge in [0.25, 0.3) is 5.91 Å². The van der Waals surface area contributed by atoms with Crippen LogP contribution in [0.1, 0.15) is 21.2 Å². The number of thioether (sulfide) groups is 1. The summed E-state index contributed by atoms with van der Waals surface area (Å²) in [6, 6.07) is 31.2. The standard InChI is InChI=1S/C29H26N2O4S/c1-34-24-16-14-22(15-17-24)30-29(33)27(20-8-4-3-5-9-20)36-26-13-7-11-23(19-26)31-28(32)21-10-6-12-25(18-21)35-2/h3-19,27H,1-2H3,(H,30,33)(H,31,32). The first-order valence-electron chi connectivity index (χ1n) is 11.3. The van der Waals surface area contributed by atoms with Gasteiger partial charge in [0.2, 0.25) is 5.91 Å². The van der Waals surface area contributed by atoms with Crippen LogP contribution in [0.3, 0.4) is 0 Å². The molecule has 2 amide bonds. The second kappa shape index (κ2) is 12.0. The van der Waals surface area contributed by atoms with Crippen LogP contribution in [-0.2, 0) is 4.79 Å². The van der Waals surface area contributed by atoms with E-state index in [4.69, 9.17) is 9.47 Å². The van der Waals surface area contributed by atoms with Gasteiger partial charge in [0.05, 0.1) is 14.2 Å². The Bertz CT molecular complexity index is 1330. The van der Waals surface area contributed by atoms with Crippen molar-refractivity contribution < 1.29 is 19.1 Å². The Morgan fingerprint density at radius 3 is 2.14 bits per heavy atom. The maximum Gasteiger partial charge on any atom is 0.255 e. The molecule has 0 saturated heterocycles. The highest BCUT2D eigenvalue weighted by atomic mass is 32.2.